The van der Waals surface area contributed by atoms with Crippen LogP contribution in [0.3, 0.4) is 0 Å². The maximum Gasteiger partial charge on any atom is 0.306 e. The number of amides is 2. The van der Waals surface area contributed by atoms with Gasteiger partial charge in [-0.1, -0.05) is 0 Å². The Morgan fingerprint density at radius 2 is 1.97 bits per heavy atom. The zero-order chi connectivity index (χ0) is 25.7. The highest BCUT2D eigenvalue weighted by molar-refractivity contribution is 7.10. The lowest BCUT2D eigenvalue weighted by Crippen LogP contribution is -2.38. The number of piperidine rings is 1. The Morgan fingerprint density at radius 1 is 1.19 bits per heavy atom. The van der Waals surface area contributed by atoms with Crippen molar-refractivity contribution < 1.29 is 19.1 Å². The van der Waals surface area contributed by atoms with Crippen molar-refractivity contribution in [1.29, 1.82) is 0 Å². The van der Waals surface area contributed by atoms with Crippen LogP contribution in [0.4, 0.5) is 5.69 Å². The predicted molar refractivity (Wildman–Crippen MR) is 135 cm³/mol. The van der Waals surface area contributed by atoms with Gasteiger partial charge in [0.1, 0.15) is 5.69 Å². The van der Waals surface area contributed by atoms with Crippen LogP contribution in [0.5, 0.6) is 0 Å². The third-order valence-electron chi connectivity index (χ3n) is 6.04. The molecule has 11 heteroatoms. The molecular formula is C25H30N6O4S. The number of carbonyl (C=O) groups is 3. The average Bonchev–Trinajstić information content (AvgIpc) is 3.49. The summed E-state index contributed by atoms with van der Waals surface area (Å²) in [6.45, 7) is 7.12. The topological polar surface area (TPSA) is 119 Å². The van der Waals surface area contributed by atoms with Gasteiger partial charge in [-0.3, -0.25) is 14.4 Å². The van der Waals surface area contributed by atoms with E-state index in [0.717, 1.165) is 29.2 Å². The highest BCUT2D eigenvalue weighted by atomic mass is 32.1. The lowest BCUT2D eigenvalue weighted by molar-refractivity contribution is -0.145. The summed E-state index contributed by atoms with van der Waals surface area (Å²) in [7, 11) is 0. The van der Waals surface area contributed by atoms with Gasteiger partial charge in [-0.2, -0.15) is 5.10 Å². The lowest BCUT2D eigenvalue weighted by Gasteiger charge is -2.31. The number of likely N-dealkylation sites (tertiary alicyclic amines) is 1. The van der Waals surface area contributed by atoms with Crippen molar-refractivity contribution in [1.82, 2.24) is 24.6 Å². The summed E-state index contributed by atoms with van der Waals surface area (Å²) in [6, 6.07) is 5.50. The number of carbonyl (C=O) groups excluding carboxylic acids is 3. The third-order valence-corrected chi connectivity index (χ3v) is 7.05. The Labute approximate surface area is 213 Å². The second-order valence-corrected chi connectivity index (χ2v) is 9.59. The normalized spacial score (nSPS) is 14.0. The van der Waals surface area contributed by atoms with Gasteiger partial charge in [-0.15, -0.1) is 11.3 Å². The van der Waals surface area contributed by atoms with E-state index in [1.54, 1.807) is 40.2 Å². The number of hydrogen-bond donors (Lipinski definition) is 1. The molecular weight excluding hydrogens is 480 g/mol. The summed E-state index contributed by atoms with van der Waals surface area (Å²) in [5.41, 5.74) is 2.69. The van der Waals surface area contributed by atoms with E-state index in [2.05, 4.69) is 20.4 Å². The molecule has 0 saturated carbocycles. The van der Waals surface area contributed by atoms with Crippen LogP contribution >= 0.6 is 11.3 Å². The molecule has 190 valence electrons. The smallest absolute Gasteiger partial charge is 0.306 e. The molecule has 0 unspecified atom stereocenters. The molecule has 1 N–H and O–H groups in total. The minimum absolute atomic E-state index is 0.0319. The highest BCUT2D eigenvalue weighted by Gasteiger charge is 2.27. The van der Waals surface area contributed by atoms with Crippen molar-refractivity contribution in [2.45, 2.75) is 52.4 Å². The van der Waals surface area contributed by atoms with Gasteiger partial charge in [0.25, 0.3) is 5.91 Å². The second kappa shape index (κ2) is 11.4. The summed E-state index contributed by atoms with van der Waals surface area (Å²) in [4.78, 5) is 47.7. The summed E-state index contributed by atoms with van der Waals surface area (Å²) < 4.78 is 6.60. The van der Waals surface area contributed by atoms with Gasteiger partial charge < -0.3 is 15.0 Å². The molecule has 2 amide bonds. The van der Waals surface area contributed by atoms with Crippen LogP contribution in [0.1, 0.15) is 65.4 Å². The molecule has 0 atom stereocenters. The van der Waals surface area contributed by atoms with E-state index >= 15 is 0 Å². The fourth-order valence-corrected chi connectivity index (χ4v) is 5.22. The first-order chi connectivity index (χ1) is 17.4. The van der Waals surface area contributed by atoms with Crippen molar-refractivity contribution in [3.05, 3.63) is 51.9 Å². The van der Waals surface area contributed by atoms with Crippen LogP contribution in [-0.2, 0) is 14.3 Å². The Bertz CT molecular complexity index is 1240. The average molecular weight is 511 g/mol. The van der Waals surface area contributed by atoms with Crippen molar-refractivity contribution in [2.24, 2.45) is 0 Å². The van der Waals surface area contributed by atoms with Gasteiger partial charge in [0, 0.05) is 42.7 Å². The van der Waals surface area contributed by atoms with Gasteiger partial charge in [-0.25, -0.2) is 14.6 Å². The number of ether oxygens (including phenoxy) is 1. The van der Waals surface area contributed by atoms with E-state index in [0.29, 0.717) is 36.9 Å². The van der Waals surface area contributed by atoms with Gasteiger partial charge in [0.2, 0.25) is 5.91 Å². The number of nitrogens with one attached hydrogen (secondary N) is 1. The number of aryl methyl sites for hydroxylation is 2. The minimum atomic E-state index is -0.345. The van der Waals surface area contributed by atoms with Crippen molar-refractivity contribution in [2.75, 3.05) is 25.0 Å². The monoisotopic (exact) mass is 510 g/mol. The number of nitrogens with zero attached hydrogens (tertiary/aromatic N) is 5. The molecule has 1 saturated heterocycles. The van der Waals surface area contributed by atoms with Crippen molar-refractivity contribution >= 4 is 34.8 Å². The van der Waals surface area contributed by atoms with E-state index in [1.165, 1.54) is 11.3 Å². The molecule has 3 aromatic heterocycles. The molecule has 36 heavy (non-hydrogen) atoms. The molecule has 4 heterocycles. The number of hydrogen-bond acceptors (Lipinski definition) is 8. The van der Waals surface area contributed by atoms with Gasteiger partial charge in [-0.05, 0) is 51.8 Å². The van der Waals surface area contributed by atoms with E-state index < -0.39 is 0 Å². The second-order valence-electron chi connectivity index (χ2n) is 8.70. The van der Waals surface area contributed by atoms with E-state index in [4.69, 9.17) is 4.74 Å². The maximum absolute atomic E-state index is 13.0. The van der Waals surface area contributed by atoms with Crippen LogP contribution in [-0.4, -0.2) is 62.1 Å². The van der Waals surface area contributed by atoms with Crippen LogP contribution in [0.25, 0.3) is 5.82 Å². The molecule has 1 aliphatic heterocycles. The standard InChI is InChI=1S/C25H30N6O4S/c1-4-35-22(33)8-7-21(32)30-12-9-18(10-13-30)25-28-20(15-36-25)24(34)27-19-6-5-11-26-23(19)31-17(3)14-16(2)29-31/h5-6,11,14-15,18H,4,7-10,12-13H2,1-3H3,(H,27,34). The number of aromatic nitrogens is 4. The summed E-state index contributed by atoms with van der Waals surface area (Å²) in [5, 5.41) is 10.1. The maximum atomic E-state index is 13.0. The molecule has 4 rings (SSSR count). The Morgan fingerprint density at radius 3 is 2.67 bits per heavy atom. The zero-order valence-electron chi connectivity index (χ0n) is 20.7. The number of pyridine rings is 1. The SMILES string of the molecule is CCOC(=O)CCC(=O)N1CCC(c2nc(C(=O)Nc3cccnc3-n3nc(C)cc3C)cs2)CC1. The lowest BCUT2D eigenvalue weighted by atomic mass is 9.97. The van der Waals surface area contributed by atoms with E-state index in [1.807, 2.05) is 19.9 Å². The largest absolute Gasteiger partial charge is 0.466 e. The summed E-state index contributed by atoms with van der Waals surface area (Å²) in [6.07, 6.45) is 3.47. The Hall–Kier alpha value is -3.60. The molecule has 3 aromatic rings. The van der Waals surface area contributed by atoms with Gasteiger partial charge in [0.05, 0.1) is 29.4 Å². The van der Waals surface area contributed by atoms with E-state index in [-0.39, 0.29) is 36.5 Å². The first-order valence-corrected chi connectivity index (χ1v) is 12.9. The molecule has 0 aromatic carbocycles. The minimum Gasteiger partial charge on any atom is -0.466 e. The van der Waals surface area contributed by atoms with Crippen molar-refractivity contribution in [3.63, 3.8) is 0 Å². The first-order valence-electron chi connectivity index (χ1n) is 12.0. The van der Waals surface area contributed by atoms with Crippen LogP contribution in [0.15, 0.2) is 29.8 Å². The Balaban J connectivity index is 1.35. The molecule has 0 radical (unpaired) electrons. The Kier molecular flexibility index (Phi) is 8.09. The quantitative estimate of drug-likeness (QED) is 0.460. The summed E-state index contributed by atoms with van der Waals surface area (Å²) in [5.74, 6) is 0.0549. The summed E-state index contributed by atoms with van der Waals surface area (Å²) >= 11 is 1.46. The van der Waals surface area contributed by atoms with Crippen molar-refractivity contribution in [3.8, 4) is 5.82 Å². The zero-order valence-corrected chi connectivity index (χ0v) is 21.5. The molecule has 1 aliphatic rings. The van der Waals surface area contributed by atoms with E-state index in [9.17, 15) is 14.4 Å². The fourth-order valence-electron chi connectivity index (χ4n) is 4.25. The number of thiazole rings is 1. The van der Waals surface area contributed by atoms with Gasteiger partial charge >= 0.3 is 5.97 Å². The number of anilines is 1. The molecule has 1 fully saturated rings. The van der Waals surface area contributed by atoms with Gasteiger partial charge in [0.15, 0.2) is 5.82 Å². The van der Waals surface area contributed by atoms with Crippen LogP contribution in [0.2, 0.25) is 0 Å². The number of rotatable bonds is 8. The first kappa shape index (κ1) is 25.5. The molecule has 0 spiro atoms. The highest BCUT2D eigenvalue weighted by Crippen LogP contribution is 2.31. The van der Waals surface area contributed by atoms with Crippen LogP contribution in [0, 0.1) is 13.8 Å². The predicted octanol–water partition coefficient (Wildman–Crippen LogP) is 3.64. The third kappa shape index (κ3) is 5.96. The molecule has 0 aliphatic carbocycles. The molecule has 10 nitrogen and oxygen atoms in total. The fraction of sp³-hybridized carbons (Fsp3) is 0.440. The van der Waals surface area contributed by atoms with Crippen LogP contribution < -0.4 is 5.32 Å². The molecule has 0 bridgehead atoms. The number of esters is 1.